The van der Waals surface area contributed by atoms with Crippen LogP contribution in [0.5, 0.6) is 11.5 Å². The quantitative estimate of drug-likeness (QED) is 0.458. The number of amides is 2. The van der Waals surface area contributed by atoms with Crippen molar-refractivity contribution < 1.29 is 19.1 Å². The molecule has 0 radical (unpaired) electrons. The number of anilines is 2. The van der Waals surface area contributed by atoms with E-state index in [9.17, 15) is 9.59 Å². The molecule has 0 fully saturated rings. The van der Waals surface area contributed by atoms with E-state index >= 15 is 0 Å². The number of nitrogens with one attached hydrogen (secondary N) is 2. The van der Waals surface area contributed by atoms with E-state index in [1.807, 2.05) is 55.5 Å². The minimum Gasteiger partial charge on any atom is -0.497 e. The van der Waals surface area contributed by atoms with Gasteiger partial charge in [-0.15, -0.1) is 11.8 Å². The van der Waals surface area contributed by atoms with Gasteiger partial charge in [0.05, 0.1) is 25.2 Å². The molecule has 3 rings (SSSR count). The molecule has 3 aromatic rings. The monoisotopic (exact) mass is 436 g/mol. The Hall–Kier alpha value is -3.45. The van der Waals surface area contributed by atoms with Crippen LogP contribution in [0.4, 0.5) is 11.4 Å². The number of ether oxygens (including phenoxy) is 2. The number of para-hydroxylation sites is 2. The van der Waals surface area contributed by atoms with Gasteiger partial charge >= 0.3 is 0 Å². The Morgan fingerprint density at radius 3 is 2.29 bits per heavy atom. The summed E-state index contributed by atoms with van der Waals surface area (Å²) in [6.07, 6.45) is 0. The fourth-order valence-corrected chi connectivity index (χ4v) is 3.47. The lowest BCUT2D eigenvalue weighted by molar-refractivity contribution is -0.113. The summed E-state index contributed by atoms with van der Waals surface area (Å²) in [7, 11) is 1.58. The number of hydrogen-bond acceptors (Lipinski definition) is 5. The Balaban J connectivity index is 1.51. The average molecular weight is 437 g/mol. The molecule has 31 heavy (non-hydrogen) atoms. The maximum absolute atomic E-state index is 12.3. The zero-order valence-corrected chi connectivity index (χ0v) is 18.2. The first-order chi connectivity index (χ1) is 15.1. The van der Waals surface area contributed by atoms with E-state index in [-0.39, 0.29) is 17.6 Å². The highest BCUT2D eigenvalue weighted by atomic mass is 32.2. The third-order valence-corrected chi connectivity index (χ3v) is 5.31. The van der Waals surface area contributed by atoms with Crippen LogP contribution in [0.25, 0.3) is 0 Å². The molecule has 2 amide bonds. The van der Waals surface area contributed by atoms with Crippen LogP contribution in [0.3, 0.4) is 0 Å². The molecule has 0 aliphatic carbocycles. The molecular weight excluding hydrogens is 412 g/mol. The summed E-state index contributed by atoms with van der Waals surface area (Å²) in [5.41, 5.74) is 1.88. The lowest BCUT2D eigenvalue weighted by atomic mass is 10.2. The van der Waals surface area contributed by atoms with E-state index in [0.717, 1.165) is 4.90 Å². The first kappa shape index (κ1) is 22.2. The van der Waals surface area contributed by atoms with Crippen molar-refractivity contribution in [2.24, 2.45) is 0 Å². The van der Waals surface area contributed by atoms with Crippen LogP contribution in [0.2, 0.25) is 0 Å². The Bertz CT molecular complexity index is 1020. The predicted octanol–water partition coefficient (Wildman–Crippen LogP) is 5.08. The summed E-state index contributed by atoms with van der Waals surface area (Å²) in [5.74, 6) is 1.30. The fraction of sp³-hybridized carbons (Fsp3) is 0.167. The molecule has 0 spiro atoms. The number of benzene rings is 3. The molecule has 0 atom stereocenters. The van der Waals surface area contributed by atoms with Crippen molar-refractivity contribution in [3.8, 4) is 11.5 Å². The summed E-state index contributed by atoms with van der Waals surface area (Å²) in [5, 5.41) is 5.74. The molecule has 0 bridgehead atoms. The summed E-state index contributed by atoms with van der Waals surface area (Å²) in [4.78, 5) is 25.6. The molecule has 0 saturated carbocycles. The standard InChI is InChI=1S/C24H24N2O4S/c1-3-30-22-7-5-4-6-21(22)26-23(27)16-31-20-14-10-18(11-15-20)25-24(28)17-8-12-19(29-2)13-9-17/h4-15H,3,16H2,1-2H3,(H,25,28)(H,26,27). The highest BCUT2D eigenvalue weighted by Crippen LogP contribution is 2.25. The van der Waals surface area contributed by atoms with Gasteiger partial charge in [0, 0.05) is 16.1 Å². The minimum absolute atomic E-state index is 0.117. The van der Waals surface area contributed by atoms with Crippen molar-refractivity contribution >= 4 is 35.0 Å². The van der Waals surface area contributed by atoms with E-state index in [1.165, 1.54) is 11.8 Å². The van der Waals surface area contributed by atoms with Gasteiger partial charge in [-0.25, -0.2) is 0 Å². The van der Waals surface area contributed by atoms with Crippen molar-refractivity contribution in [2.45, 2.75) is 11.8 Å². The van der Waals surface area contributed by atoms with Gasteiger partial charge in [0.1, 0.15) is 11.5 Å². The number of hydrogen-bond donors (Lipinski definition) is 2. The number of thioether (sulfide) groups is 1. The van der Waals surface area contributed by atoms with E-state index < -0.39 is 0 Å². The Morgan fingerprint density at radius 1 is 0.903 bits per heavy atom. The number of methoxy groups -OCH3 is 1. The van der Waals surface area contributed by atoms with Crippen LogP contribution in [-0.4, -0.2) is 31.3 Å². The molecule has 3 aromatic carbocycles. The molecule has 7 heteroatoms. The lowest BCUT2D eigenvalue weighted by Gasteiger charge is -2.11. The molecule has 0 heterocycles. The first-order valence-corrected chi connectivity index (χ1v) is 10.8. The van der Waals surface area contributed by atoms with Crippen LogP contribution < -0.4 is 20.1 Å². The average Bonchev–Trinajstić information content (AvgIpc) is 2.80. The van der Waals surface area contributed by atoms with Crippen molar-refractivity contribution in [1.29, 1.82) is 0 Å². The lowest BCUT2D eigenvalue weighted by Crippen LogP contribution is -2.15. The maximum Gasteiger partial charge on any atom is 0.255 e. The Labute approximate surface area is 186 Å². The number of carbonyl (C=O) groups is 2. The number of rotatable bonds is 9. The minimum atomic E-state index is -0.199. The highest BCUT2D eigenvalue weighted by Gasteiger charge is 2.09. The van der Waals surface area contributed by atoms with Gasteiger partial charge in [-0.3, -0.25) is 9.59 Å². The van der Waals surface area contributed by atoms with Crippen LogP contribution in [-0.2, 0) is 4.79 Å². The Morgan fingerprint density at radius 2 is 1.61 bits per heavy atom. The SMILES string of the molecule is CCOc1ccccc1NC(=O)CSc1ccc(NC(=O)c2ccc(OC)cc2)cc1. The van der Waals surface area contributed by atoms with Crippen molar-refractivity contribution in [1.82, 2.24) is 0 Å². The van der Waals surface area contributed by atoms with Crippen LogP contribution in [0.1, 0.15) is 17.3 Å². The number of carbonyl (C=O) groups excluding carboxylic acids is 2. The van der Waals surface area contributed by atoms with Gasteiger partial charge in [0.15, 0.2) is 0 Å². The molecule has 2 N–H and O–H groups in total. The summed E-state index contributed by atoms with van der Waals surface area (Å²) in [6.45, 7) is 2.43. The van der Waals surface area contributed by atoms with Gasteiger partial charge in [-0.2, -0.15) is 0 Å². The summed E-state index contributed by atoms with van der Waals surface area (Å²) < 4.78 is 10.6. The van der Waals surface area contributed by atoms with E-state index in [2.05, 4.69) is 10.6 Å². The molecule has 6 nitrogen and oxygen atoms in total. The maximum atomic E-state index is 12.3. The molecule has 160 valence electrons. The third kappa shape index (κ3) is 6.52. The molecule has 0 aliphatic heterocycles. The van der Waals surface area contributed by atoms with Crippen LogP contribution in [0, 0.1) is 0 Å². The first-order valence-electron chi connectivity index (χ1n) is 9.79. The molecule has 0 saturated heterocycles. The molecule has 0 unspecified atom stereocenters. The van der Waals surface area contributed by atoms with Crippen LogP contribution in [0.15, 0.2) is 77.7 Å². The van der Waals surface area contributed by atoms with Gasteiger partial charge in [-0.1, -0.05) is 12.1 Å². The second-order valence-corrected chi connectivity index (χ2v) is 7.52. The molecule has 0 aliphatic rings. The van der Waals surface area contributed by atoms with Crippen molar-refractivity contribution in [2.75, 3.05) is 30.1 Å². The molecular formula is C24H24N2O4S. The molecule has 0 aromatic heterocycles. The van der Waals surface area contributed by atoms with Crippen molar-refractivity contribution in [3.05, 3.63) is 78.4 Å². The van der Waals surface area contributed by atoms with Crippen molar-refractivity contribution in [3.63, 3.8) is 0 Å². The van der Waals surface area contributed by atoms with Crippen LogP contribution >= 0.6 is 11.8 Å². The Kier molecular flexibility index (Phi) is 7.95. The second-order valence-electron chi connectivity index (χ2n) is 6.47. The normalized spacial score (nSPS) is 10.3. The zero-order valence-electron chi connectivity index (χ0n) is 17.4. The van der Waals surface area contributed by atoms with Gasteiger partial charge in [0.2, 0.25) is 5.91 Å². The van der Waals surface area contributed by atoms with Gasteiger partial charge in [0.25, 0.3) is 5.91 Å². The van der Waals surface area contributed by atoms with E-state index in [4.69, 9.17) is 9.47 Å². The van der Waals surface area contributed by atoms with E-state index in [0.29, 0.717) is 35.0 Å². The smallest absolute Gasteiger partial charge is 0.255 e. The highest BCUT2D eigenvalue weighted by molar-refractivity contribution is 8.00. The topological polar surface area (TPSA) is 76.7 Å². The largest absolute Gasteiger partial charge is 0.497 e. The summed E-state index contributed by atoms with van der Waals surface area (Å²) >= 11 is 1.42. The second kappa shape index (κ2) is 11.1. The fourth-order valence-electron chi connectivity index (χ4n) is 2.77. The predicted molar refractivity (Wildman–Crippen MR) is 124 cm³/mol. The van der Waals surface area contributed by atoms with E-state index in [1.54, 1.807) is 31.4 Å². The van der Waals surface area contributed by atoms with Gasteiger partial charge < -0.3 is 20.1 Å². The third-order valence-electron chi connectivity index (χ3n) is 4.30. The van der Waals surface area contributed by atoms with Gasteiger partial charge in [-0.05, 0) is 67.6 Å². The summed E-state index contributed by atoms with van der Waals surface area (Å²) in [6, 6.07) is 21.6. The zero-order chi connectivity index (χ0) is 22.1.